The molecule has 3 saturated carbocycles. The van der Waals surface area contributed by atoms with Crippen LogP contribution < -0.4 is 0 Å². The first-order valence-electron chi connectivity index (χ1n) is 9.10. The lowest BCUT2D eigenvalue weighted by molar-refractivity contribution is -0.150. The van der Waals surface area contributed by atoms with Crippen molar-refractivity contribution in [2.24, 2.45) is 34.5 Å². The lowest BCUT2D eigenvalue weighted by Gasteiger charge is -2.60. The Bertz CT molecular complexity index is 489. The summed E-state index contributed by atoms with van der Waals surface area (Å²) in [5, 5.41) is 31.3. The van der Waals surface area contributed by atoms with Gasteiger partial charge in [-0.2, -0.15) is 0 Å². The highest BCUT2D eigenvalue weighted by Gasteiger charge is 2.61. The molecule has 0 aromatic carbocycles. The Balaban J connectivity index is 1.71. The Morgan fingerprint density at radius 1 is 0.955 bits per heavy atom. The molecule has 3 nitrogen and oxygen atoms in total. The summed E-state index contributed by atoms with van der Waals surface area (Å²) in [5.41, 5.74) is 0.112. The highest BCUT2D eigenvalue weighted by molar-refractivity contribution is 5.18. The molecule has 0 aromatic rings. The van der Waals surface area contributed by atoms with Crippen molar-refractivity contribution in [1.29, 1.82) is 0 Å². The van der Waals surface area contributed by atoms with Gasteiger partial charge in [-0.05, 0) is 73.0 Å². The van der Waals surface area contributed by atoms with Crippen molar-refractivity contribution in [2.75, 3.05) is 0 Å². The molecule has 9 atom stereocenters. The minimum absolute atomic E-state index is 0.00321. The van der Waals surface area contributed by atoms with Crippen molar-refractivity contribution in [3.63, 3.8) is 0 Å². The van der Waals surface area contributed by atoms with Crippen LogP contribution in [0.1, 0.15) is 52.4 Å². The van der Waals surface area contributed by atoms with E-state index in [4.69, 9.17) is 0 Å². The normalized spacial score (nSPS) is 60.5. The van der Waals surface area contributed by atoms with E-state index < -0.39 is 0 Å². The van der Waals surface area contributed by atoms with Gasteiger partial charge in [0.1, 0.15) is 0 Å². The topological polar surface area (TPSA) is 60.7 Å². The zero-order valence-corrected chi connectivity index (χ0v) is 13.8. The van der Waals surface area contributed by atoms with Crippen LogP contribution in [0.2, 0.25) is 0 Å². The number of fused-ring (bicyclic) bond motifs is 5. The van der Waals surface area contributed by atoms with Crippen LogP contribution in [0, 0.1) is 34.5 Å². The van der Waals surface area contributed by atoms with Gasteiger partial charge in [0.05, 0.1) is 18.3 Å². The summed E-state index contributed by atoms with van der Waals surface area (Å²) < 4.78 is 0. The van der Waals surface area contributed by atoms with Crippen molar-refractivity contribution in [3.05, 3.63) is 12.2 Å². The van der Waals surface area contributed by atoms with Gasteiger partial charge in [-0.3, -0.25) is 0 Å². The van der Waals surface area contributed by atoms with E-state index in [0.29, 0.717) is 23.7 Å². The van der Waals surface area contributed by atoms with Gasteiger partial charge in [0, 0.05) is 0 Å². The number of hydrogen-bond donors (Lipinski definition) is 3. The maximum absolute atomic E-state index is 10.9. The summed E-state index contributed by atoms with van der Waals surface area (Å²) in [5.74, 6) is 1.65. The van der Waals surface area contributed by atoms with Gasteiger partial charge >= 0.3 is 0 Å². The van der Waals surface area contributed by atoms with Gasteiger partial charge in [0.2, 0.25) is 0 Å². The Kier molecular flexibility index (Phi) is 3.32. The van der Waals surface area contributed by atoms with E-state index >= 15 is 0 Å². The van der Waals surface area contributed by atoms with Crippen LogP contribution in [0.5, 0.6) is 0 Å². The second kappa shape index (κ2) is 4.81. The number of aliphatic hydroxyl groups is 3. The van der Waals surface area contributed by atoms with Crippen LogP contribution in [0.25, 0.3) is 0 Å². The zero-order chi connectivity index (χ0) is 15.7. The predicted octanol–water partition coefficient (Wildman–Crippen LogP) is 2.50. The van der Waals surface area contributed by atoms with Gasteiger partial charge in [-0.1, -0.05) is 26.0 Å². The molecule has 4 rings (SSSR count). The largest absolute Gasteiger partial charge is 0.393 e. The van der Waals surface area contributed by atoms with E-state index in [1.165, 1.54) is 0 Å². The second-order valence-corrected chi connectivity index (χ2v) is 8.96. The van der Waals surface area contributed by atoms with Crippen LogP contribution >= 0.6 is 0 Å². The van der Waals surface area contributed by atoms with Crippen LogP contribution in [0.3, 0.4) is 0 Å². The summed E-state index contributed by atoms with van der Waals surface area (Å²) in [7, 11) is 0. The Morgan fingerprint density at radius 2 is 1.73 bits per heavy atom. The molecule has 0 radical (unpaired) electrons. The van der Waals surface area contributed by atoms with E-state index in [-0.39, 0.29) is 29.1 Å². The molecule has 4 aliphatic rings. The predicted molar refractivity (Wildman–Crippen MR) is 85.0 cm³/mol. The highest BCUT2D eigenvalue weighted by Crippen LogP contribution is 2.65. The number of rotatable bonds is 0. The first kappa shape index (κ1) is 15.2. The van der Waals surface area contributed by atoms with Gasteiger partial charge < -0.3 is 15.3 Å². The monoisotopic (exact) mass is 306 g/mol. The van der Waals surface area contributed by atoms with Crippen molar-refractivity contribution >= 4 is 0 Å². The fourth-order valence-corrected chi connectivity index (χ4v) is 6.73. The fraction of sp³-hybridized carbons (Fsp3) is 0.895. The first-order chi connectivity index (χ1) is 10.4. The molecule has 3 heteroatoms. The molecule has 4 aliphatic carbocycles. The van der Waals surface area contributed by atoms with E-state index in [1.807, 2.05) is 6.08 Å². The molecule has 0 saturated heterocycles. The summed E-state index contributed by atoms with van der Waals surface area (Å²) in [6, 6.07) is 0. The van der Waals surface area contributed by atoms with Crippen molar-refractivity contribution in [2.45, 2.75) is 70.7 Å². The molecule has 22 heavy (non-hydrogen) atoms. The summed E-state index contributed by atoms with van der Waals surface area (Å²) >= 11 is 0. The maximum atomic E-state index is 10.9. The summed E-state index contributed by atoms with van der Waals surface area (Å²) in [4.78, 5) is 0. The standard InChI is InChI=1S/C19H30O3/c1-18-7-5-12(20)9-11(18)10-15(21)17-13-3-4-16(22)19(13,2)8-6-14(17)18/h5,7,11-17,20-22H,3-4,6,8-10H2,1-2H3/t11?,12-,13-,14-,15+,16+,17-,18-,19-/m0/s1. The molecule has 0 bridgehead atoms. The third kappa shape index (κ3) is 1.85. The Labute approximate surface area is 133 Å². The molecule has 0 aromatic heterocycles. The second-order valence-electron chi connectivity index (χ2n) is 8.96. The average molecular weight is 306 g/mol. The van der Waals surface area contributed by atoms with Crippen molar-refractivity contribution in [1.82, 2.24) is 0 Å². The van der Waals surface area contributed by atoms with Crippen LogP contribution in [0.4, 0.5) is 0 Å². The SMILES string of the molecule is C[C@]12CC[C@H]3[C@@H]([C@H](O)CC4C[C@@H](O)C=C[C@@]43C)[C@@H]1CC[C@H]2O. The van der Waals surface area contributed by atoms with E-state index in [1.54, 1.807) is 0 Å². The minimum atomic E-state index is -0.344. The summed E-state index contributed by atoms with van der Waals surface area (Å²) in [6.07, 6.45) is 9.14. The molecule has 3 fully saturated rings. The average Bonchev–Trinajstić information content (AvgIpc) is 2.77. The minimum Gasteiger partial charge on any atom is -0.393 e. The molecule has 0 heterocycles. The fourth-order valence-electron chi connectivity index (χ4n) is 6.73. The van der Waals surface area contributed by atoms with E-state index in [0.717, 1.165) is 38.5 Å². The van der Waals surface area contributed by atoms with E-state index in [9.17, 15) is 15.3 Å². The van der Waals surface area contributed by atoms with Gasteiger partial charge in [-0.25, -0.2) is 0 Å². The molecule has 124 valence electrons. The van der Waals surface area contributed by atoms with Crippen LogP contribution in [-0.4, -0.2) is 33.6 Å². The number of hydrogen-bond acceptors (Lipinski definition) is 3. The third-order valence-electron chi connectivity index (χ3n) is 8.14. The number of aliphatic hydroxyl groups excluding tert-OH is 3. The lowest BCUT2D eigenvalue weighted by Crippen LogP contribution is -2.57. The Morgan fingerprint density at radius 3 is 2.50 bits per heavy atom. The molecule has 0 amide bonds. The molecular formula is C19H30O3. The van der Waals surface area contributed by atoms with Crippen molar-refractivity contribution in [3.8, 4) is 0 Å². The maximum Gasteiger partial charge on any atom is 0.0724 e. The molecule has 1 unspecified atom stereocenters. The first-order valence-corrected chi connectivity index (χ1v) is 9.10. The van der Waals surface area contributed by atoms with Gasteiger partial charge in [0.25, 0.3) is 0 Å². The molecule has 0 aliphatic heterocycles. The summed E-state index contributed by atoms with van der Waals surface area (Å²) in [6.45, 7) is 4.59. The third-order valence-corrected chi connectivity index (χ3v) is 8.14. The Hall–Kier alpha value is -0.380. The quantitative estimate of drug-likeness (QED) is 0.603. The zero-order valence-electron chi connectivity index (χ0n) is 13.8. The lowest BCUT2D eigenvalue weighted by atomic mass is 9.45. The van der Waals surface area contributed by atoms with Gasteiger partial charge in [-0.15, -0.1) is 0 Å². The molecule has 3 N–H and O–H groups in total. The molecule has 0 spiro atoms. The highest BCUT2D eigenvalue weighted by atomic mass is 16.3. The van der Waals surface area contributed by atoms with Crippen molar-refractivity contribution < 1.29 is 15.3 Å². The van der Waals surface area contributed by atoms with E-state index in [2.05, 4.69) is 19.9 Å². The van der Waals surface area contributed by atoms with Crippen LogP contribution in [0.15, 0.2) is 12.2 Å². The molecular weight excluding hydrogens is 276 g/mol. The van der Waals surface area contributed by atoms with Gasteiger partial charge in [0.15, 0.2) is 0 Å². The van der Waals surface area contributed by atoms with Crippen LogP contribution in [-0.2, 0) is 0 Å². The smallest absolute Gasteiger partial charge is 0.0724 e. The number of allylic oxidation sites excluding steroid dienone is 1.